The Morgan fingerprint density at radius 1 is 1.10 bits per heavy atom. The fraction of sp³-hybridized carbons (Fsp3) is 0.375. The van der Waals surface area contributed by atoms with Crippen LogP contribution in [0.25, 0.3) is 0 Å². The molecule has 0 aliphatic heterocycles. The molecule has 1 atom stereocenters. The molecule has 0 bridgehead atoms. The highest BCUT2D eigenvalue weighted by Crippen LogP contribution is 2.23. The predicted molar refractivity (Wildman–Crippen MR) is 82.2 cm³/mol. The number of hydrogen-bond acceptors (Lipinski definition) is 4. The molecule has 2 N–H and O–H groups in total. The second-order valence-electron chi connectivity index (χ2n) is 5.29. The maximum atomic E-state index is 4.47. The average molecular weight is 268 g/mol. The molecule has 4 nitrogen and oxygen atoms in total. The van der Waals surface area contributed by atoms with Gasteiger partial charge in [0.25, 0.3) is 0 Å². The Labute approximate surface area is 119 Å². The van der Waals surface area contributed by atoms with Gasteiger partial charge in [0, 0.05) is 19.2 Å². The van der Waals surface area contributed by atoms with E-state index < -0.39 is 0 Å². The van der Waals surface area contributed by atoms with Crippen LogP contribution in [0.5, 0.6) is 0 Å². The lowest BCUT2D eigenvalue weighted by molar-refractivity contribution is 0.608. The third-order valence-corrected chi connectivity index (χ3v) is 3.79. The van der Waals surface area contributed by atoms with Crippen molar-refractivity contribution >= 4 is 11.6 Å². The van der Waals surface area contributed by atoms with Crippen molar-refractivity contribution in [1.82, 2.24) is 9.97 Å². The first-order chi connectivity index (χ1) is 9.74. The molecule has 0 saturated carbocycles. The van der Waals surface area contributed by atoms with Crippen molar-refractivity contribution in [2.75, 3.05) is 17.7 Å². The summed E-state index contributed by atoms with van der Waals surface area (Å²) in [6, 6.07) is 11.1. The number of benzene rings is 1. The number of fused-ring (bicyclic) bond motifs is 1. The lowest BCUT2D eigenvalue weighted by Gasteiger charge is -2.26. The van der Waals surface area contributed by atoms with Gasteiger partial charge in [-0.05, 0) is 37.3 Å². The third-order valence-electron chi connectivity index (χ3n) is 3.79. The van der Waals surface area contributed by atoms with Gasteiger partial charge >= 0.3 is 0 Å². The van der Waals surface area contributed by atoms with E-state index in [2.05, 4.69) is 44.9 Å². The van der Waals surface area contributed by atoms with Crippen LogP contribution in [0.4, 0.5) is 11.6 Å². The van der Waals surface area contributed by atoms with Crippen LogP contribution in [-0.4, -0.2) is 23.1 Å². The Kier molecular flexibility index (Phi) is 3.54. The zero-order valence-electron chi connectivity index (χ0n) is 12.0. The highest BCUT2D eigenvalue weighted by atomic mass is 15.1. The van der Waals surface area contributed by atoms with Crippen LogP contribution in [0, 0.1) is 6.92 Å². The van der Waals surface area contributed by atoms with E-state index >= 15 is 0 Å². The molecule has 1 aromatic carbocycles. The summed E-state index contributed by atoms with van der Waals surface area (Å²) in [7, 11) is 1.88. The molecular formula is C16H20N4. The first-order valence-electron chi connectivity index (χ1n) is 7.11. The van der Waals surface area contributed by atoms with Crippen molar-refractivity contribution in [3.05, 3.63) is 47.3 Å². The van der Waals surface area contributed by atoms with E-state index in [-0.39, 0.29) is 0 Å². The van der Waals surface area contributed by atoms with E-state index in [0.717, 1.165) is 36.7 Å². The van der Waals surface area contributed by atoms with Crippen LogP contribution in [0.15, 0.2) is 30.3 Å². The van der Waals surface area contributed by atoms with Crippen molar-refractivity contribution in [1.29, 1.82) is 0 Å². The van der Waals surface area contributed by atoms with E-state index in [1.807, 2.05) is 20.0 Å². The molecule has 3 rings (SSSR count). The molecule has 2 aromatic rings. The number of aromatic nitrogens is 2. The molecule has 0 fully saturated rings. The lowest BCUT2D eigenvalue weighted by atomic mass is 9.88. The summed E-state index contributed by atoms with van der Waals surface area (Å²) in [5.41, 5.74) is 2.94. The van der Waals surface area contributed by atoms with Crippen molar-refractivity contribution < 1.29 is 0 Å². The highest BCUT2D eigenvalue weighted by Gasteiger charge is 2.18. The summed E-state index contributed by atoms with van der Waals surface area (Å²) >= 11 is 0. The van der Waals surface area contributed by atoms with Crippen molar-refractivity contribution in [3.63, 3.8) is 0 Å². The molecule has 1 aromatic heterocycles. The zero-order chi connectivity index (χ0) is 13.9. The van der Waals surface area contributed by atoms with Crippen molar-refractivity contribution in [2.24, 2.45) is 0 Å². The quantitative estimate of drug-likeness (QED) is 0.898. The smallest absolute Gasteiger partial charge is 0.132 e. The van der Waals surface area contributed by atoms with Crippen LogP contribution in [0.2, 0.25) is 0 Å². The van der Waals surface area contributed by atoms with Gasteiger partial charge in [0.2, 0.25) is 0 Å². The van der Waals surface area contributed by atoms with Gasteiger partial charge < -0.3 is 10.6 Å². The molecule has 1 unspecified atom stereocenters. The fourth-order valence-corrected chi connectivity index (χ4v) is 2.80. The van der Waals surface area contributed by atoms with Crippen LogP contribution in [-0.2, 0) is 12.8 Å². The first-order valence-corrected chi connectivity index (χ1v) is 7.11. The molecular weight excluding hydrogens is 248 g/mol. The third kappa shape index (κ3) is 2.74. The van der Waals surface area contributed by atoms with E-state index in [1.165, 1.54) is 11.1 Å². The summed E-state index contributed by atoms with van der Waals surface area (Å²) in [6.45, 7) is 1.92. The molecule has 0 saturated heterocycles. The normalized spacial score (nSPS) is 17.4. The Hall–Kier alpha value is -2.10. The molecule has 104 valence electrons. The van der Waals surface area contributed by atoms with Crippen molar-refractivity contribution in [3.8, 4) is 0 Å². The molecule has 0 amide bonds. The minimum Gasteiger partial charge on any atom is -0.373 e. The van der Waals surface area contributed by atoms with Crippen molar-refractivity contribution in [2.45, 2.75) is 32.2 Å². The molecule has 0 radical (unpaired) electrons. The second-order valence-corrected chi connectivity index (χ2v) is 5.29. The van der Waals surface area contributed by atoms with Gasteiger partial charge in [-0.15, -0.1) is 0 Å². The summed E-state index contributed by atoms with van der Waals surface area (Å²) in [5, 5.41) is 6.62. The van der Waals surface area contributed by atoms with Crippen LogP contribution < -0.4 is 10.6 Å². The summed E-state index contributed by atoms with van der Waals surface area (Å²) in [5.74, 6) is 2.55. The van der Waals surface area contributed by atoms with Gasteiger partial charge in [-0.1, -0.05) is 24.3 Å². The van der Waals surface area contributed by atoms with Crippen LogP contribution >= 0.6 is 0 Å². The number of nitrogens with one attached hydrogen (secondary N) is 2. The Balaban J connectivity index is 1.75. The number of aryl methyl sites for hydroxylation is 2. The van der Waals surface area contributed by atoms with E-state index in [0.29, 0.717) is 6.04 Å². The minimum absolute atomic E-state index is 0.448. The molecule has 1 aliphatic carbocycles. The van der Waals surface area contributed by atoms with Gasteiger partial charge in [-0.25, -0.2) is 9.97 Å². The average Bonchev–Trinajstić information content (AvgIpc) is 2.46. The molecule has 1 aliphatic rings. The topological polar surface area (TPSA) is 49.8 Å². The molecule has 1 heterocycles. The maximum absolute atomic E-state index is 4.47. The monoisotopic (exact) mass is 268 g/mol. The number of rotatable bonds is 3. The van der Waals surface area contributed by atoms with E-state index in [1.54, 1.807) is 0 Å². The van der Waals surface area contributed by atoms with Gasteiger partial charge in [-0.2, -0.15) is 0 Å². The highest BCUT2D eigenvalue weighted by molar-refractivity contribution is 5.48. The number of anilines is 2. The fourth-order valence-electron chi connectivity index (χ4n) is 2.80. The maximum Gasteiger partial charge on any atom is 0.132 e. The standard InChI is InChI=1S/C16H20N4/c1-11-18-15(17-2)10-16(19-11)20-14-8-7-12-5-3-4-6-13(12)9-14/h3-6,10,14H,7-9H2,1-2H3,(H2,17,18,19,20). The summed E-state index contributed by atoms with van der Waals surface area (Å²) in [6.07, 6.45) is 3.35. The summed E-state index contributed by atoms with van der Waals surface area (Å²) < 4.78 is 0. The second kappa shape index (κ2) is 5.49. The molecule has 20 heavy (non-hydrogen) atoms. The molecule has 0 spiro atoms. The number of nitrogens with zero attached hydrogens (tertiary/aromatic N) is 2. The Bertz CT molecular complexity index is 609. The van der Waals surface area contributed by atoms with Gasteiger partial charge in [0.05, 0.1) is 0 Å². The van der Waals surface area contributed by atoms with Crippen LogP contribution in [0.3, 0.4) is 0 Å². The SMILES string of the molecule is CNc1cc(NC2CCc3ccccc3C2)nc(C)n1. The largest absolute Gasteiger partial charge is 0.373 e. The minimum atomic E-state index is 0.448. The zero-order valence-corrected chi connectivity index (χ0v) is 12.0. The lowest BCUT2D eigenvalue weighted by Crippen LogP contribution is -2.27. The molecule has 4 heteroatoms. The van der Waals surface area contributed by atoms with E-state index in [4.69, 9.17) is 0 Å². The number of hydrogen-bond donors (Lipinski definition) is 2. The first kappa shape index (κ1) is 12.9. The summed E-state index contributed by atoms with van der Waals surface area (Å²) in [4.78, 5) is 8.79. The Morgan fingerprint density at radius 2 is 1.85 bits per heavy atom. The van der Waals surface area contributed by atoms with Crippen LogP contribution in [0.1, 0.15) is 23.4 Å². The Morgan fingerprint density at radius 3 is 2.65 bits per heavy atom. The van der Waals surface area contributed by atoms with Gasteiger partial charge in [-0.3, -0.25) is 0 Å². The van der Waals surface area contributed by atoms with E-state index in [9.17, 15) is 0 Å². The predicted octanol–water partition coefficient (Wildman–Crippen LogP) is 2.80. The van der Waals surface area contributed by atoms with Gasteiger partial charge in [0.15, 0.2) is 0 Å². The van der Waals surface area contributed by atoms with Gasteiger partial charge in [0.1, 0.15) is 17.5 Å².